The van der Waals surface area contributed by atoms with Crippen LogP contribution >= 0.6 is 0 Å². The van der Waals surface area contributed by atoms with Gasteiger partial charge in [-0.15, -0.1) is 0 Å². The highest BCUT2D eigenvalue weighted by Crippen LogP contribution is 2.20. The molecule has 1 aromatic rings. The van der Waals surface area contributed by atoms with Crippen LogP contribution in [0.2, 0.25) is 0 Å². The molecular formula is C8H12O2. The zero-order chi connectivity index (χ0) is 7.72. The molecule has 1 rings (SSSR count). The van der Waals surface area contributed by atoms with Crippen LogP contribution in [-0.2, 0) is 0 Å². The number of aryl methyl sites for hydroxylation is 2. The molecule has 10 heavy (non-hydrogen) atoms. The van der Waals surface area contributed by atoms with E-state index in [4.69, 9.17) is 9.52 Å². The first-order chi connectivity index (χ1) is 4.61. The Labute approximate surface area is 60.5 Å². The highest BCUT2D eigenvalue weighted by molar-refractivity contribution is 5.21. The SMILES string of the molecule is Cc1cc([C@@H](C)O)c(C)o1. The van der Waals surface area contributed by atoms with Crippen molar-refractivity contribution in [3.63, 3.8) is 0 Å². The van der Waals surface area contributed by atoms with Gasteiger partial charge in [-0.25, -0.2) is 0 Å². The van der Waals surface area contributed by atoms with Crippen molar-refractivity contribution in [2.45, 2.75) is 26.9 Å². The summed E-state index contributed by atoms with van der Waals surface area (Å²) in [5, 5.41) is 9.16. The Morgan fingerprint density at radius 3 is 2.30 bits per heavy atom. The lowest BCUT2D eigenvalue weighted by atomic mass is 10.1. The third kappa shape index (κ3) is 1.21. The van der Waals surface area contributed by atoms with Gasteiger partial charge in [0.05, 0.1) is 6.10 Å². The van der Waals surface area contributed by atoms with E-state index in [9.17, 15) is 0 Å². The van der Waals surface area contributed by atoms with Crippen LogP contribution in [0.4, 0.5) is 0 Å². The molecule has 1 atom stereocenters. The molecule has 0 aliphatic heterocycles. The van der Waals surface area contributed by atoms with Crippen LogP contribution in [0.5, 0.6) is 0 Å². The number of furan rings is 1. The second-order valence-corrected chi connectivity index (χ2v) is 2.54. The number of hydrogen-bond acceptors (Lipinski definition) is 2. The monoisotopic (exact) mass is 140 g/mol. The quantitative estimate of drug-likeness (QED) is 0.646. The van der Waals surface area contributed by atoms with Crippen molar-refractivity contribution in [3.8, 4) is 0 Å². The van der Waals surface area contributed by atoms with E-state index >= 15 is 0 Å². The van der Waals surface area contributed by atoms with Crippen LogP contribution in [0.25, 0.3) is 0 Å². The molecule has 2 nitrogen and oxygen atoms in total. The molecule has 0 saturated heterocycles. The van der Waals surface area contributed by atoms with E-state index in [0.29, 0.717) is 0 Å². The maximum absolute atomic E-state index is 9.16. The minimum atomic E-state index is -0.419. The fourth-order valence-corrected chi connectivity index (χ4v) is 1.07. The zero-order valence-corrected chi connectivity index (χ0v) is 6.51. The first-order valence-corrected chi connectivity index (χ1v) is 3.36. The van der Waals surface area contributed by atoms with Crippen molar-refractivity contribution < 1.29 is 9.52 Å². The van der Waals surface area contributed by atoms with Crippen LogP contribution in [-0.4, -0.2) is 5.11 Å². The summed E-state index contributed by atoms with van der Waals surface area (Å²) in [5.41, 5.74) is 0.887. The van der Waals surface area contributed by atoms with Crippen molar-refractivity contribution in [2.24, 2.45) is 0 Å². The summed E-state index contributed by atoms with van der Waals surface area (Å²) in [6.07, 6.45) is -0.419. The van der Waals surface area contributed by atoms with Gasteiger partial charge in [0.25, 0.3) is 0 Å². The van der Waals surface area contributed by atoms with Gasteiger partial charge in [0, 0.05) is 5.56 Å². The van der Waals surface area contributed by atoms with Crippen LogP contribution in [0.15, 0.2) is 10.5 Å². The van der Waals surface area contributed by atoms with Crippen LogP contribution in [0, 0.1) is 13.8 Å². The summed E-state index contributed by atoms with van der Waals surface area (Å²) in [7, 11) is 0. The third-order valence-corrected chi connectivity index (χ3v) is 1.53. The molecule has 0 unspecified atom stereocenters. The standard InChI is InChI=1S/C8H12O2/c1-5-4-8(6(2)9)7(3)10-5/h4,6,9H,1-3H3/t6-/m1/s1. The summed E-state index contributed by atoms with van der Waals surface area (Å²) in [5.74, 6) is 1.67. The summed E-state index contributed by atoms with van der Waals surface area (Å²) in [6.45, 7) is 5.46. The second-order valence-electron chi connectivity index (χ2n) is 2.54. The molecule has 2 heteroatoms. The molecule has 0 bridgehead atoms. The Kier molecular flexibility index (Phi) is 1.81. The average Bonchev–Trinajstić information content (AvgIpc) is 2.10. The Morgan fingerprint density at radius 2 is 2.10 bits per heavy atom. The van der Waals surface area contributed by atoms with Crippen LogP contribution < -0.4 is 0 Å². The van der Waals surface area contributed by atoms with Gasteiger partial charge in [-0.05, 0) is 26.8 Å². The molecular weight excluding hydrogens is 128 g/mol. The molecule has 0 saturated carbocycles. The number of aliphatic hydroxyl groups excluding tert-OH is 1. The predicted octanol–water partition coefficient (Wildman–Crippen LogP) is 1.95. The second kappa shape index (κ2) is 2.46. The van der Waals surface area contributed by atoms with E-state index in [0.717, 1.165) is 17.1 Å². The van der Waals surface area contributed by atoms with E-state index in [1.54, 1.807) is 6.92 Å². The van der Waals surface area contributed by atoms with Gasteiger partial charge in [0.2, 0.25) is 0 Å². The largest absolute Gasteiger partial charge is 0.466 e. The van der Waals surface area contributed by atoms with Crippen LogP contribution in [0.3, 0.4) is 0 Å². The van der Waals surface area contributed by atoms with Crippen molar-refractivity contribution >= 4 is 0 Å². The molecule has 56 valence electrons. The summed E-state index contributed by atoms with van der Waals surface area (Å²) < 4.78 is 5.22. The molecule has 1 heterocycles. The van der Waals surface area contributed by atoms with Gasteiger partial charge < -0.3 is 9.52 Å². The number of aliphatic hydroxyl groups is 1. The molecule has 1 aromatic heterocycles. The molecule has 0 radical (unpaired) electrons. The summed E-state index contributed by atoms with van der Waals surface area (Å²) in [6, 6.07) is 1.86. The van der Waals surface area contributed by atoms with Gasteiger partial charge in [0.1, 0.15) is 11.5 Å². The predicted molar refractivity (Wildman–Crippen MR) is 38.8 cm³/mol. The Hall–Kier alpha value is -0.760. The van der Waals surface area contributed by atoms with E-state index in [2.05, 4.69) is 0 Å². The molecule has 0 aliphatic rings. The number of rotatable bonds is 1. The van der Waals surface area contributed by atoms with Gasteiger partial charge in [0.15, 0.2) is 0 Å². The lowest BCUT2D eigenvalue weighted by Gasteiger charge is -1.98. The van der Waals surface area contributed by atoms with Crippen molar-refractivity contribution in [1.29, 1.82) is 0 Å². The Balaban J connectivity index is 3.03. The summed E-state index contributed by atoms with van der Waals surface area (Å²) in [4.78, 5) is 0. The maximum Gasteiger partial charge on any atom is 0.106 e. The molecule has 0 aliphatic carbocycles. The smallest absolute Gasteiger partial charge is 0.106 e. The fourth-order valence-electron chi connectivity index (χ4n) is 1.07. The van der Waals surface area contributed by atoms with Crippen molar-refractivity contribution in [3.05, 3.63) is 23.2 Å². The zero-order valence-electron chi connectivity index (χ0n) is 6.51. The minimum Gasteiger partial charge on any atom is -0.466 e. The molecule has 0 spiro atoms. The maximum atomic E-state index is 9.16. The van der Waals surface area contributed by atoms with Gasteiger partial charge in [-0.1, -0.05) is 0 Å². The first kappa shape index (κ1) is 7.35. The minimum absolute atomic E-state index is 0.419. The fraction of sp³-hybridized carbons (Fsp3) is 0.500. The van der Waals surface area contributed by atoms with Gasteiger partial charge in [-0.3, -0.25) is 0 Å². The molecule has 0 aromatic carbocycles. The lowest BCUT2D eigenvalue weighted by molar-refractivity contribution is 0.197. The molecule has 1 N–H and O–H groups in total. The Bertz CT molecular complexity index is 223. The van der Waals surface area contributed by atoms with Gasteiger partial charge in [-0.2, -0.15) is 0 Å². The van der Waals surface area contributed by atoms with E-state index in [1.807, 2.05) is 19.9 Å². The van der Waals surface area contributed by atoms with E-state index in [-0.39, 0.29) is 0 Å². The van der Waals surface area contributed by atoms with Gasteiger partial charge >= 0.3 is 0 Å². The lowest BCUT2D eigenvalue weighted by Crippen LogP contribution is -1.89. The van der Waals surface area contributed by atoms with Crippen molar-refractivity contribution in [2.75, 3.05) is 0 Å². The number of hydrogen-bond donors (Lipinski definition) is 1. The molecule has 0 amide bonds. The third-order valence-electron chi connectivity index (χ3n) is 1.53. The normalized spacial score (nSPS) is 13.6. The van der Waals surface area contributed by atoms with E-state index in [1.165, 1.54) is 0 Å². The first-order valence-electron chi connectivity index (χ1n) is 3.36. The van der Waals surface area contributed by atoms with E-state index < -0.39 is 6.10 Å². The average molecular weight is 140 g/mol. The highest BCUT2D eigenvalue weighted by atomic mass is 16.3. The Morgan fingerprint density at radius 1 is 1.50 bits per heavy atom. The van der Waals surface area contributed by atoms with Crippen LogP contribution in [0.1, 0.15) is 30.1 Å². The highest BCUT2D eigenvalue weighted by Gasteiger charge is 2.08. The van der Waals surface area contributed by atoms with Crippen molar-refractivity contribution in [1.82, 2.24) is 0 Å². The summed E-state index contributed by atoms with van der Waals surface area (Å²) >= 11 is 0. The molecule has 0 fully saturated rings. The topological polar surface area (TPSA) is 33.4 Å².